The maximum Gasteiger partial charge on any atom is 0.237 e. The highest BCUT2D eigenvalue weighted by Gasteiger charge is 2.05. The summed E-state index contributed by atoms with van der Waals surface area (Å²) in [4.78, 5) is 52.7. The van der Waals surface area contributed by atoms with E-state index in [1.165, 1.54) is 24.3 Å². The molecule has 0 atom stereocenters. The number of hydrogen-bond acceptors (Lipinski definition) is 8. The summed E-state index contributed by atoms with van der Waals surface area (Å²) < 4.78 is 0. The number of rotatable bonds is 10. The molecule has 0 aliphatic heterocycles. The van der Waals surface area contributed by atoms with Crippen LogP contribution in [0.3, 0.4) is 0 Å². The molecule has 0 N–H and O–H groups in total. The first-order valence-corrected chi connectivity index (χ1v) is 7.56. The number of aliphatic imine (C=N–C) groups is 4. The second kappa shape index (κ2) is 17.1. The smallest absolute Gasteiger partial charge is 0.211 e. The third-order valence-corrected chi connectivity index (χ3v) is 2.87. The molecule has 25 heavy (non-hydrogen) atoms. The molecule has 0 saturated carbocycles. The lowest BCUT2D eigenvalue weighted by atomic mass is 10.2. The van der Waals surface area contributed by atoms with Gasteiger partial charge in [-0.05, 0) is 18.4 Å². The lowest BCUT2D eigenvalue weighted by molar-refractivity contribution is 0.551. The summed E-state index contributed by atoms with van der Waals surface area (Å²) in [6.07, 6.45) is 8.70. The lowest BCUT2D eigenvalue weighted by Gasteiger charge is -2.01. The number of benzene rings is 1. The van der Waals surface area contributed by atoms with Crippen molar-refractivity contribution in [3.8, 4) is 0 Å². The summed E-state index contributed by atoms with van der Waals surface area (Å²) in [6.45, 7) is 1.11. The predicted octanol–water partition coefficient (Wildman–Crippen LogP) is 2.58. The fourth-order valence-corrected chi connectivity index (χ4v) is 1.73. The SMILES string of the molecule is O=C=NC(N=C=O)c1ccccc1.O=C=NCCCCCCN=C=O. The van der Waals surface area contributed by atoms with Gasteiger partial charge in [0.15, 0.2) is 6.17 Å². The molecule has 0 bridgehead atoms. The zero-order valence-corrected chi connectivity index (χ0v) is 13.6. The maximum absolute atomic E-state index is 9.98. The predicted molar refractivity (Wildman–Crippen MR) is 89.9 cm³/mol. The van der Waals surface area contributed by atoms with E-state index in [-0.39, 0.29) is 0 Å². The van der Waals surface area contributed by atoms with Crippen LogP contribution in [0.5, 0.6) is 0 Å². The van der Waals surface area contributed by atoms with E-state index in [9.17, 15) is 19.2 Å². The van der Waals surface area contributed by atoms with E-state index >= 15 is 0 Å². The van der Waals surface area contributed by atoms with Crippen molar-refractivity contribution in [2.45, 2.75) is 31.8 Å². The topological polar surface area (TPSA) is 118 Å². The van der Waals surface area contributed by atoms with Crippen LogP contribution in [0.4, 0.5) is 0 Å². The highest BCUT2D eigenvalue weighted by atomic mass is 16.1. The van der Waals surface area contributed by atoms with Gasteiger partial charge in [-0.2, -0.15) is 9.98 Å². The Labute approximate surface area is 145 Å². The molecule has 1 aromatic rings. The summed E-state index contributed by atoms with van der Waals surface area (Å²) in [5.41, 5.74) is 0.661. The largest absolute Gasteiger partial charge is 0.237 e. The zero-order valence-electron chi connectivity index (χ0n) is 13.6. The number of nitrogens with zero attached hydrogens (tertiary/aromatic N) is 4. The van der Waals surface area contributed by atoms with Crippen molar-refractivity contribution in [1.82, 2.24) is 0 Å². The Morgan fingerprint density at radius 2 is 1.16 bits per heavy atom. The van der Waals surface area contributed by atoms with Crippen LogP contribution in [0.25, 0.3) is 0 Å². The van der Waals surface area contributed by atoms with Crippen LogP contribution in [-0.2, 0) is 19.2 Å². The second-order valence-electron chi connectivity index (χ2n) is 4.59. The molecule has 1 rings (SSSR count). The maximum atomic E-state index is 9.98. The number of carbonyl (C=O) groups excluding carboxylic acids is 4. The van der Waals surface area contributed by atoms with E-state index in [0.717, 1.165) is 25.7 Å². The summed E-state index contributed by atoms with van der Waals surface area (Å²) in [5.74, 6) is 0. The van der Waals surface area contributed by atoms with Crippen molar-refractivity contribution in [2.75, 3.05) is 13.1 Å². The first-order valence-electron chi connectivity index (χ1n) is 7.56. The number of hydrogen-bond donors (Lipinski definition) is 0. The number of unbranched alkanes of at least 4 members (excludes halogenated alkanes) is 3. The van der Waals surface area contributed by atoms with Crippen LogP contribution < -0.4 is 0 Å². The molecule has 130 valence electrons. The van der Waals surface area contributed by atoms with Gasteiger partial charge in [-0.3, -0.25) is 0 Å². The van der Waals surface area contributed by atoms with Gasteiger partial charge < -0.3 is 0 Å². The standard InChI is InChI=1S/C9H6N2O2.C8H12N2O2/c12-6-10-9(11-7-13)8-4-2-1-3-5-8;11-7-9-5-3-1-2-4-6-10-8-12/h1-5,9H;1-6H2. The third-order valence-electron chi connectivity index (χ3n) is 2.87. The summed E-state index contributed by atoms with van der Waals surface area (Å²) in [6, 6.07) is 8.78. The molecule has 0 saturated heterocycles. The van der Waals surface area contributed by atoms with Crippen LogP contribution in [0.15, 0.2) is 50.3 Å². The van der Waals surface area contributed by atoms with E-state index in [0.29, 0.717) is 18.7 Å². The Morgan fingerprint density at radius 1 is 0.680 bits per heavy atom. The van der Waals surface area contributed by atoms with Crippen LogP contribution in [0.1, 0.15) is 37.4 Å². The van der Waals surface area contributed by atoms with Gasteiger partial charge in [-0.1, -0.05) is 43.2 Å². The molecule has 1 aromatic carbocycles. The molecular formula is C17H18N4O4. The lowest BCUT2D eigenvalue weighted by Crippen LogP contribution is -1.89. The van der Waals surface area contributed by atoms with Crippen molar-refractivity contribution in [2.24, 2.45) is 20.0 Å². The van der Waals surface area contributed by atoms with E-state index in [1.54, 1.807) is 24.3 Å². The monoisotopic (exact) mass is 342 g/mol. The first kappa shape index (κ1) is 21.7. The zero-order chi connectivity index (χ0) is 18.6. The van der Waals surface area contributed by atoms with Gasteiger partial charge in [0.2, 0.25) is 24.3 Å². The molecule has 0 amide bonds. The fourth-order valence-electron chi connectivity index (χ4n) is 1.73. The molecule has 0 spiro atoms. The molecule has 0 aromatic heterocycles. The Bertz CT molecular complexity index is 627. The van der Waals surface area contributed by atoms with E-state index < -0.39 is 6.17 Å². The second-order valence-corrected chi connectivity index (χ2v) is 4.59. The molecule has 0 aliphatic rings. The minimum Gasteiger partial charge on any atom is -0.211 e. The fraction of sp³-hybridized carbons (Fsp3) is 0.412. The van der Waals surface area contributed by atoms with Gasteiger partial charge in [0.1, 0.15) is 0 Å². The van der Waals surface area contributed by atoms with Crippen molar-refractivity contribution in [3.63, 3.8) is 0 Å². The Kier molecular flexibility index (Phi) is 14.9. The van der Waals surface area contributed by atoms with Gasteiger partial charge in [-0.25, -0.2) is 29.2 Å². The summed E-state index contributed by atoms with van der Waals surface area (Å²) >= 11 is 0. The molecule has 0 heterocycles. The van der Waals surface area contributed by atoms with Crippen LogP contribution in [-0.4, -0.2) is 37.4 Å². The highest BCUT2D eigenvalue weighted by Crippen LogP contribution is 2.16. The van der Waals surface area contributed by atoms with Crippen molar-refractivity contribution >= 4 is 24.3 Å². The minimum atomic E-state index is -0.809. The Balaban J connectivity index is 0.000000463. The van der Waals surface area contributed by atoms with E-state index in [4.69, 9.17) is 0 Å². The summed E-state index contributed by atoms with van der Waals surface area (Å²) in [5, 5.41) is 0. The van der Waals surface area contributed by atoms with Crippen molar-refractivity contribution in [1.29, 1.82) is 0 Å². The Hall–Kier alpha value is -3.26. The van der Waals surface area contributed by atoms with Gasteiger partial charge in [0, 0.05) is 0 Å². The Morgan fingerprint density at radius 3 is 1.56 bits per heavy atom. The molecular weight excluding hydrogens is 324 g/mol. The molecule has 8 heteroatoms. The van der Waals surface area contributed by atoms with E-state index in [1.807, 2.05) is 6.07 Å². The summed E-state index contributed by atoms with van der Waals surface area (Å²) in [7, 11) is 0. The molecule has 0 aliphatic carbocycles. The molecule has 0 fully saturated rings. The molecule has 0 unspecified atom stereocenters. The van der Waals surface area contributed by atoms with Gasteiger partial charge in [0.25, 0.3) is 0 Å². The van der Waals surface area contributed by atoms with Gasteiger partial charge >= 0.3 is 0 Å². The average Bonchev–Trinajstić information content (AvgIpc) is 2.65. The van der Waals surface area contributed by atoms with Gasteiger partial charge in [-0.15, -0.1) is 0 Å². The van der Waals surface area contributed by atoms with Gasteiger partial charge in [0.05, 0.1) is 13.1 Å². The number of isocyanates is 4. The normalized spacial score (nSPS) is 9.60. The first-order chi connectivity index (χ1) is 12.3. The molecule has 8 nitrogen and oxygen atoms in total. The highest BCUT2D eigenvalue weighted by molar-refractivity contribution is 5.39. The van der Waals surface area contributed by atoms with Crippen molar-refractivity contribution < 1.29 is 19.2 Å². The quantitative estimate of drug-likeness (QED) is 0.369. The third kappa shape index (κ3) is 12.9. The van der Waals surface area contributed by atoms with Crippen LogP contribution in [0.2, 0.25) is 0 Å². The van der Waals surface area contributed by atoms with Crippen LogP contribution >= 0.6 is 0 Å². The molecule has 0 radical (unpaired) electrons. The van der Waals surface area contributed by atoms with E-state index in [2.05, 4.69) is 20.0 Å². The average molecular weight is 342 g/mol. The van der Waals surface area contributed by atoms with Crippen molar-refractivity contribution in [3.05, 3.63) is 35.9 Å². The minimum absolute atomic E-state index is 0.556. The van der Waals surface area contributed by atoms with Crippen LogP contribution in [0, 0.1) is 0 Å².